The molecule has 1 heterocycles. The molecule has 4 rings (SSSR count). The van der Waals surface area contributed by atoms with Gasteiger partial charge >= 0.3 is 0 Å². The number of hydrogen-bond donors (Lipinski definition) is 3. The van der Waals surface area contributed by atoms with Gasteiger partial charge in [-0.25, -0.2) is 4.39 Å². The van der Waals surface area contributed by atoms with Crippen LogP contribution in [0.4, 0.5) is 4.39 Å². The van der Waals surface area contributed by atoms with Crippen LogP contribution >= 0.6 is 0 Å². The molecule has 0 aliphatic heterocycles. The summed E-state index contributed by atoms with van der Waals surface area (Å²) in [5.41, 5.74) is 4.13. The van der Waals surface area contributed by atoms with E-state index in [4.69, 9.17) is 47.4 Å². The minimum Gasteiger partial charge on any atom is -0.491 e. The zero-order valence-corrected chi connectivity index (χ0v) is 42.2. The van der Waals surface area contributed by atoms with Crippen molar-refractivity contribution in [2.75, 3.05) is 113 Å². The molecule has 0 aliphatic carbocycles. The summed E-state index contributed by atoms with van der Waals surface area (Å²) in [6, 6.07) is 17.2. The lowest BCUT2D eigenvalue weighted by Gasteiger charge is -2.23. The maximum atomic E-state index is 14.2. The average molecular weight is 980 g/mol. The highest BCUT2D eigenvalue weighted by Gasteiger charge is 2.24. The van der Waals surface area contributed by atoms with E-state index < -0.39 is 5.60 Å². The highest BCUT2D eigenvalue weighted by Crippen LogP contribution is 2.40. The third-order valence-electron chi connectivity index (χ3n) is 10.4. The lowest BCUT2D eigenvalue weighted by molar-refractivity contribution is -0.114. The molecule has 70 heavy (non-hydrogen) atoms. The van der Waals surface area contributed by atoms with Gasteiger partial charge in [-0.15, -0.1) is 0 Å². The molecule has 0 fully saturated rings. The van der Waals surface area contributed by atoms with Crippen LogP contribution in [-0.2, 0) is 54.8 Å². The number of rotatable bonds is 36. The SMILES string of the molecule is Cc1cc(F)cc(C)c1Oc1ccc(C(C)(C)O)cc1/C(=C/N(C)C=O)c1cc(C(=O)NCc2ccc(OCCOCCOCCOCCOCCOCCOCCOCCOC(C)C)cc2)[nH]c1C. The Balaban J connectivity index is 1.12. The summed E-state index contributed by atoms with van der Waals surface area (Å²) in [4.78, 5) is 30.0. The van der Waals surface area contributed by atoms with Crippen molar-refractivity contribution in [1.82, 2.24) is 15.2 Å². The first kappa shape index (κ1) is 57.4. The second-order valence-electron chi connectivity index (χ2n) is 17.2. The summed E-state index contributed by atoms with van der Waals surface area (Å²) in [6.07, 6.45) is 2.51. The number of H-pyrrole nitrogens is 1. The topological polar surface area (TPSA) is 178 Å². The lowest BCUT2D eigenvalue weighted by atomic mass is 9.91. The second-order valence-corrected chi connectivity index (χ2v) is 17.2. The maximum absolute atomic E-state index is 14.2. The Hall–Kier alpha value is -5.21. The first-order valence-electron chi connectivity index (χ1n) is 23.7. The second kappa shape index (κ2) is 31.2. The van der Waals surface area contributed by atoms with Gasteiger partial charge in [0.15, 0.2) is 0 Å². The van der Waals surface area contributed by atoms with Crippen LogP contribution in [0.5, 0.6) is 17.2 Å². The van der Waals surface area contributed by atoms with Crippen molar-refractivity contribution in [3.8, 4) is 17.2 Å². The smallest absolute Gasteiger partial charge is 0.267 e. The van der Waals surface area contributed by atoms with E-state index in [0.29, 0.717) is 174 Å². The monoisotopic (exact) mass is 980 g/mol. The van der Waals surface area contributed by atoms with E-state index in [-0.39, 0.29) is 24.4 Å². The first-order valence-corrected chi connectivity index (χ1v) is 23.7. The summed E-state index contributed by atoms with van der Waals surface area (Å²) in [5, 5.41) is 14.0. The molecular formula is C53H74FN3O13. The molecule has 2 amide bonds. The molecule has 386 valence electrons. The Labute approximate surface area is 412 Å². The standard InChI is InChI=1S/C53H74FN3O13/c1-38(2)68-29-27-66-25-23-64-21-19-62-17-15-61-16-18-63-20-22-65-24-26-67-28-30-69-45-12-9-42(10-13-45)35-55-52(59)49-34-46(41(5)56-49)48(36-57(8)37-58)47-33-43(53(6,7)60)11-14-50(47)70-51-39(3)31-44(54)32-40(51)4/h9-14,31-34,36-38,56,60H,15-30,35H2,1-8H3,(H,55,59)/b48-36+. The highest BCUT2D eigenvalue weighted by atomic mass is 19.1. The van der Waals surface area contributed by atoms with Crippen molar-refractivity contribution in [2.24, 2.45) is 0 Å². The Morgan fingerprint density at radius 2 is 1.21 bits per heavy atom. The maximum Gasteiger partial charge on any atom is 0.267 e. The number of carbonyl (C=O) groups is 2. The molecule has 3 N–H and O–H groups in total. The highest BCUT2D eigenvalue weighted by molar-refractivity contribution is 5.95. The number of amides is 2. The molecule has 0 saturated carbocycles. The van der Waals surface area contributed by atoms with Gasteiger partial charge < -0.3 is 67.7 Å². The molecule has 3 aromatic carbocycles. The predicted molar refractivity (Wildman–Crippen MR) is 264 cm³/mol. The van der Waals surface area contributed by atoms with E-state index in [1.165, 1.54) is 17.0 Å². The fraction of sp³-hybridized carbons (Fsp3) is 0.509. The van der Waals surface area contributed by atoms with Crippen LogP contribution in [-0.4, -0.2) is 146 Å². The number of aromatic nitrogens is 1. The predicted octanol–water partition coefficient (Wildman–Crippen LogP) is 7.43. The minimum atomic E-state index is -1.21. The summed E-state index contributed by atoms with van der Waals surface area (Å²) in [6.45, 7) is 20.6. The van der Waals surface area contributed by atoms with Crippen LogP contribution in [0.1, 0.15) is 77.3 Å². The summed E-state index contributed by atoms with van der Waals surface area (Å²) in [5.74, 6) is 0.841. The van der Waals surface area contributed by atoms with Gasteiger partial charge in [-0.2, -0.15) is 0 Å². The number of hydrogen-bond acceptors (Lipinski definition) is 13. The molecule has 0 unspecified atom stereocenters. The zero-order valence-electron chi connectivity index (χ0n) is 42.2. The number of aryl methyl sites for hydroxylation is 3. The van der Waals surface area contributed by atoms with Crippen LogP contribution in [0.25, 0.3) is 5.57 Å². The van der Waals surface area contributed by atoms with Gasteiger partial charge in [-0.3, -0.25) is 9.59 Å². The quantitative estimate of drug-likeness (QED) is 0.0303. The van der Waals surface area contributed by atoms with Gasteiger partial charge in [0.2, 0.25) is 6.41 Å². The zero-order chi connectivity index (χ0) is 50.7. The molecule has 16 nitrogen and oxygen atoms in total. The number of ether oxygens (including phenoxy) is 10. The molecule has 0 radical (unpaired) electrons. The Morgan fingerprint density at radius 3 is 1.70 bits per heavy atom. The van der Waals surface area contributed by atoms with Crippen LogP contribution in [0, 0.1) is 26.6 Å². The van der Waals surface area contributed by atoms with Crippen molar-refractivity contribution < 1.29 is 66.5 Å². The summed E-state index contributed by atoms with van der Waals surface area (Å²) in [7, 11) is 1.60. The molecular weight excluding hydrogens is 906 g/mol. The van der Waals surface area contributed by atoms with Crippen molar-refractivity contribution in [1.29, 1.82) is 0 Å². The van der Waals surface area contributed by atoms with Crippen LogP contribution in [0.3, 0.4) is 0 Å². The largest absolute Gasteiger partial charge is 0.491 e. The van der Waals surface area contributed by atoms with Gasteiger partial charge in [0.25, 0.3) is 5.91 Å². The molecule has 0 atom stereocenters. The summed E-state index contributed by atoms with van der Waals surface area (Å²) < 4.78 is 70.5. The Morgan fingerprint density at radius 1 is 0.714 bits per heavy atom. The number of aliphatic hydroxyl groups is 1. The van der Waals surface area contributed by atoms with Crippen molar-refractivity contribution in [3.05, 3.63) is 117 Å². The van der Waals surface area contributed by atoms with Crippen molar-refractivity contribution in [2.45, 2.75) is 66.7 Å². The molecule has 4 aromatic rings. The van der Waals surface area contributed by atoms with Crippen LogP contribution < -0.4 is 14.8 Å². The van der Waals surface area contributed by atoms with E-state index in [1.54, 1.807) is 65.2 Å². The van der Waals surface area contributed by atoms with E-state index in [2.05, 4.69) is 10.3 Å². The van der Waals surface area contributed by atoms with E-state index in [1.807, 2.05) is 45.0 Å². The van der Waals surface area contributed by atoms with Crippen molar-refractivity contribution >= 4 is 17.9 Å². The Bertz CT molecular complexity index is 2170. The molecule has 0 bridgehead atoms. The minimum absolute atomic E-state index is 0.211. The number of nitrogens with zero attached hydrogens (tertiary/aromatic N) is 1. The van der Waals surface area contributed by atoms with Crippen LogP contribution in [0.2, 0.25) is 0 Å². The number of aromatic amines is 1. The van der Waals surface area contributed by atoms with Crippen molar-refractivity contribution in [3.63, 3.8) is 0 Å². The number of nitrogens with one attached hydrogen (secondary N) is 2. The van der Waals surface area contributed by atoms with Gasteiger partial charge in [0.05, 0.1) is 111 Å². The fourth-order valence-electron chi connectivity index (χ4n) is 6.82. The molecule has 0 spiro atoms. The summed E-state index contributed by atoms with van der Waals surface area (Å²) >= 11 is 0. The van der Waals surface area contributed by atoms with E-state index in [0.717, 1.165) is 5.56 Å². The molecule has 17 heteroatoms. The van der Waals surface area contributed by atoms with Gasteiger partial charge in [-0.1, -0.05) is 18.2 Å². The number of carbonyl (C=O) groups excluding carboxylic acids is 2. The van der Waals surface area contributed by atoms with Gasteiger partial charge in [0.1, 0.15) is 35.4 Å². The lowest BCUT2D eigenvalue weighted by Crippen LogP contribution is -2.23. The average Bonchev–Trinajstić information content (AvgIpc) is 3.71. The molecule has 1 aromatic heterocycles. The van der Waals surface area contributed by atoms with Gasteiger partial charge in [0, 0.05) is 42.2 Å². The Kier molecular flexibility index (Phi) is 25.6. The first-order chi connectivity index (χ1) is 33.7. The van der Waals surface area contributed by atoms with Gasteiger partial charge in [-0.05, 0) is 113 Å². The normalized spacial score (nSPS) is 11.9. The number of halogens is 1. The fourth-order valence-corrected chi connectivity index (χ4v) is 6.82. The third kappa shape index (κ3) is 21.0. The van der Waals surface area contributed by atoms with Crippen LogP contribution in [0.15, 0.2) is 66.9 Å². The third-order valence-corrected chi connectivity index (χ3v) is 10.4. The van der Waals surface area contributed by atoms with E-state index in [9.17, 15) is 19.1 Å². The molecule has 0 aliphatic rings. The van der Waals surface area contributed by atoms with E-state index >= 15 is 0 Å². The molecule has 0 saturated heterocycles. The number of benzene rings is 3.